The molecule has 1 amide bonds. The maximum Gasteiger partial charge on any atom is 0.246 e. The van der Waals surface area contributed by atoms with E-state index >= 15 is 0 Å². The molecule has 0 aliphatic carbocycles. The highest BCUT2D eigenvalue weighted by atomic mass is 16.2. The second-order valence-electron chi connectivity index (χ2n) is 4.69. The molecule has 0 aromatic rings. The predicted molar refractivity (Wildman–Crippen MR) is 82.2 cm³/mol. The summed E-state index contributed by atoms with van der Waals surface area (Å²) in [5.41, 5.74) is 1.03. The van der Waals surface area contributed by atoms with Gasteiger partial charge in [-0.05, 0) is 27.7 Å². The van der Waals surface area contributed by atoms with Gasteiger partial charge in [-0.2, -0.15) is 0 Å². The minimum absolute atomic E-state index is 0.0401. The Morgan fingerprint density at radius 1 is 1.47 bits per heavy atom. The van der Waals surface area contributed by atoms with Crippen LogP contribution in [0.2, 0.25) is 0 Å². The maximum atomic E-state index is 12.1. The summed E-state index contributed by atoms with van der Waals surface area (Å²) in [6.45, 7) is 16.9. The lowest BCUT2D eigenvalue weighted by atomic mass is 10.0. The highest BCUT2D eigenvalue weighted by Crippen LogP contribution is 2.15. The van der Waals surface area contributed by atoms with E-state index in [0.717, 1.165) is 12.2 Å². The molecule has 1 rings (SSSR count). The molecule has 1 saturated heterocycles. The molecule has 0 aromatic carbocycles. The average Bonchev–Trinajstić information content (AvgIpc) is 2.41. The van der Waals surface area contributed by atoms with Gasteiger partial charge in [-0.25, -0.2) is 0 Å². The molecule has 0 bridgehead atoms. The molecule has 0 unspecified atom stereocenters. The number of nitrogens with one attached hydrogen (secondary N) is 1. The summed E-state index contributed by atoms with van der Waals surface area (Å²) >= 11 is 0. The van der Waals surface area contributed by atoms with E-state index in [4.69, 9.17) is 0 Å². The van der Waals surface area contributed by atoms with Crippen molar-refractivity contribution in [2.45, 2.75) is 47.1 Å². The van der Waals surface area contributed by atoms with E-state index in [1.807, 2.05) is 47.6 Å². The van der Waals surface area contributed by atoms with Gasteiger partial charge in [-0.1, -0.05) is 26.5 Å². The molecule has 1 aliphatic heterocycles. The Hall–Kier alpha value is -1.42. The summed E-state index contributed by atoms with van der Waals surface area (Å²) in [7, 11) is 0. The van der Waals surface area contributed by atoms with E-state index in [1.54, 1.807) is 11.1 Å². The van der Waals surface area contributed by atoms with Crippen molar-refractivity contribution in [2.75, 3.05) is 13.1 Å². The smallest absolute Gasteiger partial charge is 0.246 e. The van der Waals surface area contributed by atoms with E-state index in [-0.39, 0.29) is 5.91 Å². The number of amides is 1. The van der Waals surface area contributed by atoms with Crippen LogP contribution in [0.4, 0.5) is 0 Å². The Morgan fingerprint density at radius 2 is 2.05 bits per heavy atom. The van der Waals surface area contributed by atoms with Crippen LogP contribution in [0, 0.1) is 0 Å². The van der Waals surface area contributed by atoms with Crippen molar-refractivity contribution in [2.24, 2.45) is 4.99 Å². The maximum absolute atomic E-state index is 12.1. The Morgan fingerprint density at radius 3 is 2.58 bits per heavy atom. The Bertz CT molecular complexity index is 381. The molecular formula is C15H27N3O. The Kier molecular flexibility index (Phi) is 7.30. The van der Waals surface area contributed by atoms with Crippen molar-refractivity contribution in [3.05, 3.63) is 24.0 Å². The van der Waals surface area contributed by atoms with Crippen LogP contribution in [0.25, 0.3) is 0 Å². The molecule has 1 N–H and O–H groups in total. The summed E-state index contributed by atoms with van der Waals surface area (Å²) < 4.78 is 0. The largest absolute Gasteiger partial charge is 0.309 e. The molecule has 0 spiro atoms. The number of aliphatic imine (C=N–C) groups is 1. The van der Waals surface area contributed by atoms with E-state index < -0.39 is 5.54 Å². The second-order valence-corrected chi connectivity index (χ2v) is 4.69. The van der Waals surface area contributed by atoms with Gasteiger partial charge in [0.15, 0.2) is 0 Å². The van der Waals surface area contributed by atoms with Gasteiger partial charge >= 0.3 is 0 Å². The fourth-order valence-corrected chi connectivity index (χ4v) is 1.59. The van der Waals surface area contributed by atoms with E-state index in [1.165, 1.54) is 0 Å². The number of nitrogens with zero attached hydrogens (tertiary/aromatic N) is 2. The SMILES string of the molecule is C=C(C=N/C(C)=C\C)N1CCNC(C)(C)C1=O.CC. The van der Waals surface area contributed by atoms with Crippen molar-refractivity contribution in [3.8, 4) is 0 Å². The van der Waals surface area contributed by atoms with Gasteiger partial charge in [0.05, 0.1) is 17.5 Å². The minimum atomic E-state index is -0.523. The van der Waals surface area contributed by atoms with Crippen LogP contribution in [0.1, 0.15) is 41.5 Å². The fourth-order valence-electron chi connectivity index (χ4n) is 1.59. The normalized spacial score (nSPS) is 19.2. The standard InChI is InChI=1S/C13H21N3O.C2H6/c1-6-10(2)14-9-11(3)16-8-7-15-13(4,5)12(16)17;1-2/h6,9,15H,3,7-8H2,1-2,4-5H3;1-2H3/b10-6-,14-9?;. The van der Waals surface area contributed by atoms with Gasteiger partial charge in [0.25, 0.3) is 0 Å². The topological polar surface area (TPSA) is 44.7 Å². The summed E-state index contributed by atoms with van der Waals surface area (Å²) in [4.78, 5) is 18.0. The predicted octanol–water partition coefficient (Wildman–Crippen LogP) is 2.73. The summed E-state index contributed by atoms with van der Waals surface area (Å²) in [6, 6.07) is 0. The van der Waals surface area contributed by atoms with Crippen LogP contribution in [-0.2, 0) is 4.79 Å². The van der Waals surface area contributed by atoms with Gasteiger partial charge in [-0.15, -0.1) is 0 Å². The highest BCUT2D eigenvalue weighted by Gasteiger charge is 2.35. The van der Waals surface area contributed by atoms with Gasteiger partial charge in [0, 0.05) is 18.8 Å². The third-order valence-corrected chi connectivity index (χ3v) is 2.86. The molecule has 1 aliphatic rings. The first kappa shape index (κ1) is 17.6. The Balaban J connectivity index is 0.00000154. The van der Waals surface area contributed by atoms with Crippen LogP contribution in [0.5, 0.6) is 0 Å². The number of hydrogen-bond acceptors (Lipinski definition) is 3. The lowest BCUT2D eigenvalue weighted by molar-refractivity contribution is -0.137. The number of piperazine rings is 1. The van der Waals surface area contributed by atoms with Crippen LogP contribution in [0.3, 0.4) is 0 Å². The molecule has 4 nitrogen and oxygen atoms in total. The van der Waals surface area contributed by atoms with E-state index in [0.29, 0.717) is 12.2 Å². The summed E-state index contributed by atoms with van der Waals surface area (Å²) in [5, 5.41) is 3.18. The van der Waals surface area contributed by atoms with Crippen molar-refractivity contribution >= 4 is 12.1 Å². The van der Waals surface area contributed by atoms with E-state index in [9.17, 15) is 4.79 Å². The zero-order valence-electron chi connectivity index (χ0n) is 13.1. The molecule has 1 fully saturated rings. The summed E-state index contributed by atoms with van der Waals surface area (Å²) in [5.74, 6) is 0.0401. The lowest BCUT2D eigenvalue weighted by Crippen LogP contribution is -2.60. The first-order valence-electron chi connectivity index (χ1n) is 6.81. The van der Waals surface area contributed by atoms with Crippen LogP contribution >= 0.6 is 0 Å². The van der Waals surface area contributed by atoms with Crippen molar-refractivity contribution in [1.29, 1.82) is 0 Å². The molecule has 0 saturated carbocycles. The first-order chi connectivity index (χ1) is 8.88. The quantitative estimate of drug-likeness (QED) is 0.797. The molecule has 108 valence electrons. The third kappa shape index (κ3) is 4.99. The van der Waals surface area contributed by atoms with Gasteiger partial charge in [0.1, 0.15) is 0 Å². The van der Waals surface area contributed by atoms with Crippen molar-refractivity contribution in [1.82, 2.24) is 10.2 Å². The zero-order valence-corrected chi connectivity index (χ0v) is 13.1. The highest BCUT2D eigenvalue weighted by molar-refractivity contribution is 5.93. The lowest BCUT2D eigenvalue weighted by Gasteiger charge is -2.38. The monoisotopic (exact) mass is 265 g/mol. The number of hydrogen-bond donors (Lipinski definition) is 1. The van der Waals surface area contributed by atoms with Gasteiger partial charge in [-0.3, -0.25) is 9.79 Å². The number of carbonyl (C=O) groups is 1. The molecule has 4 heteroatoms. The summed E-state index contributed by atoms with van der Waals surface area (Å²) in [6.07, 6.45) is 3.56. The minimum Gasteiger partial charge on any atom is -0.309 e. The fraction of sp³-hybridized carbons (Fsp3) is 0.600. The molecule has 0 radical (unpaired) electrons. The van der Waals surface area contributed by atoms with Crippen molar-refractivity contribution < 1.29 is 4.79 Å². The molecule has 0 atom stereocenters. The molecule has 19 heavy (non-hydrogen) atoms. The molecule has 1 heterocycles. The van der Waals surface area contributed by atoms with Crippen molar-refractivity contribution in [3.63, 3.8) is 0 Å². The zero-order chi connectivity index (χ0) is 15.1. The third-order valence-electron chi connectivity index (χ3n) is 2.86. The van der Waals surface area contributed by atoms with Crippen LogP contribution in [0.15, 0.2) is 29.0 Å². The average molecular weight is 265 g/mol. The van der Waals surface area contributed by atoms with Gasteiger partial charge in [0.2, 0.25) is 5.91 Å². The molecule has 0 aromatic heterocycles. The number of rotatable bonds is 3. The molecular weight excluding hydrogens is 238 g/mol. The number of carbonyl (C=O) groups excluding carboxylic acids is 1. The van der Waals surface area contributed by atoms with Gasteiger partial charge < -0.3 is 10.2 Å². The Labute approximate surface area is 117 Å². The van der Waals surface area contributed by atoms with Crippen LogP contribution in [-0.4, -0.2) is 35.7 Å². The second kappa shape index (κ2) is 7.89. The number of allylic oxidation sites excluding steroid dienone is 3. The van der Waals surface area contributed by atoms with E-state index in [2.05, 4.69) is 16.9 Å². The van der Waals surface area contributed by atoms with Crippen LogP contribution < -0.4 is 5.32 Å². The first-order valence-corrected chi connectivity index (χ1v) is 6.81.